The molecule has 3 aromatic carbocycles. The molecule has 0 amide bonds. The van der Waals surface area contributed by atoms with Gasteiger partial charge < -0.3 is 18.9 Å². The second-order valence-electron chi connectivity index (χ2n) is 7.50. The number of ether oxygens (including phenoxy) is 4. The molecular formula is C27H27ClO5. The summed E-state index contributed by atoms with van der Waals surface area (Å²) in [4.78, 5) is 12.7. The second-order valence-corrected chi connectivity index (χ2v) is 7.88. The van der Waals surface area contributed by atoms with E-state index in [1.54, 1.807) is 38.5 Å². The number of halogens is 1. The van der Waals surface area contributed by atoms with Crippen LogP contribution in [-0.4, -0.2) is 27.1 Å². The van der Waals surface area contributed by atoms with Crippen LogP contribution in [0, 0.1) is 13.8 Å². The third-order valence-corrected chi connectivity index (χ3v) is 5.80. The van der Waals surface area contributed by atoms with Crippen LogP contribution >= 0.6 is 11.6 Å². The van der Waals surface area contributed by atoms with E-state index in [4.69, 9.17) is 30.5 Å². The van der Waals surface area contributed by atoms with Crippen LogP contribution in [0.2, 0.25) is 5.02 Å². The highest BCUT2D eigenvalue weighted by molar-refractivity contribution is 6.32. The largest absolute Gasteiger partial charge is 0.496 e. The van der Waals surface area contributed by atoms with Crippen molar-refractivity contribution in [2.75, 3.05) is 21.3 Å². The first-order valence-corrected chi connectivity index (χ1v) is 10.7. The molecule has 0 aliphatic carbocycles. The van der Waals surface area contributed by atoms with Gasteiger partial charge in [-0.1, -0.05) is 23.7 Å². The summed E-state index contributed by atoms with van der Waals surface area (Å²) in [5, 5.41) is 0.742. The van der Waals surface area contributed by atoms with Crippen LogP contribution in [0.5, 0.6) is 23.0 Å². The molecule has 0 radical (unpaired) electrons. The number of hydrogen-bond acceptors (Lipinski definition) is 5. The van der Waals surface area contributed by atoms with Crippen LogP contribution in [0.15, 0.2) is 54.6 Å². The number of hydrogen-bond donors (Lipinski definition) is 0. The fraction of sp³-hybridized carbons (Fsp3) is 0.222. The minimum atomic E-state index is -0.142. The normalized spacial score (nSPS) is 10.8. The Balaban J connectivity index is 1.77. The number of carbonyl (C=O) groups is 1. The molecular weight excluding hydrogens is 440 g/mol. The minimum Gasteiger partial charge on any atom is -0.496 e. The fourth-order valence-corrected chi connectivity index (χ4v) is 3.53. The summed E-state index contributed by atoms with van der Waals surface area (Å²) in [5.74, 6) is 2.38. The van der Waals surface area contributed by atoms with Gasteiger partial charge in [-0.05, 0) is 79.1 Å². The lowest BCUT2D eigenvalue weighted by Crippen LogP contribution is -2.00. The van der Waals surface area contributed by atoms with Gasteiger partial charge >= 0.3 is 0 Å². The van der Waals surface area contributed by atoms with E-state index in [2.05, 4.69) is 0 Å². The summed E-state index contributed by atoms with van der Waals surface area (Å²) in [7, 11) is 4.71. The zero-order valence-electron chi connectivity index (χ0n) is 19.4. The van der Waals surface area contributed by atoms with E-state index in [9.17, 15) is 4.79 Å². The Kier molecular flexibility index (Phi) is 8.01. The number of carbonyl (C=O) groups excluding carboxylic acids is 1. The van der Waals surface area contributed by atoms with E-state index in [0.29, 0.717) is 29.4 Å². The summed E-state index contributed by atoms with van der Waals surface area (Å²) >= 11 is 6.25. The highest BCUT2D eigenvalue weighted by atomic mass is 35.5. The van der Waals surface area contributed by atoms with Gasteiger partial charge in [0.25, 0.3) is 0 Å². The molecule has 0 spiro atoms. The zero-order valence-corrected chi connectivity index (χ0v) is 20.2. The fourth-order valence-electron chi connectivity index (χ4n) is 3.42. The average Bonchev–Trinajstić information content (AvgIpc) is 2.83. The van der Waals surface area contributed by atoms with Crippen LogP contribution in [-0.2, 0) is 6.61 Å². The summed E-state index contributed by atoms with van der Waals surface area (Å²) < 4.78 is 22.0. The first-order chi connectivity index (χ1) is 15.9. The van der Waals surface area contributed by atoms with E-state index in [1.807, 2.05) is 44.2 Å². The molecule has 3 aromatic rings. The van der Waals surface area contributed by atoms with Crippen LogP contribution in [0.25, 0.3) is 6.08 Å². The van der Waals surface area contributed by atoms with E-state index in [1.165, 1.54) is 13.2 Å². The average molecular weight is 467 g/mol. The molecule has 3 rings (SSSR count). The van der Waals surface area contributed by atoms with Crippen LogP contribution in [0.1, 0.15) is 32.6 Å². The minimum absolute atomic E-state index is 0.142. The standard InChI is InChI=1S/C27H27ClO5/c1-17-12-22(13-18(2)27(17)28)33-16-21-14-19(7-10-24(21)30-3)6-9-23(29)20-8-11-25(31-4)26(15-20)32-5/h6-15H,16H2,1-5H3/b9-6+. The molecule has 0 aliphatic rings. The third kappa shape index (κ3) is 5.88. The van der Waals surface area contributed by atoms with Crippen molar-refractivity contribution in [2.45, 2.75) is 20.5 Å². The quantitative estimate of drug-likeness (QED) is 0.267. The lowest BCUT2D eigenvalue weighted by Gasteiger charge is -2.13. The molecule has 0 bridgehead atoms. The maximum Gasteiger partial charge on any atom is 0.185 e. The molecule has 172 valence electrons. The van der Waals surface area contributed by atoms with Crippen molar-refractivity contribution in [3.8, 4) is 23.0 Å². The summed E-state index contributed by atoms with van der Waals surface area (Å²) in [5.41, 5.74) is 4.15. The third-order valence-electron chi connectivity index (χ3n) is 5.20. The molecule has 0 aliphatic heterocycles. The number of rotatable bonds is 9. The molecule has 0 fully saturated rings. The Morgan fingerprint density at radius 3 is 2.12 bits per heavy atom. The maximum absolute atomic E-state index is 12.7. The second kappa shape index (κ2) is 10.9. The Hall–Kier alpha value is -3.44. The lowest BCUT2D eigenvalue weighted by atomic mass is 10.1. The Bertz CT molecular complexity index is 1160. The summed E-state index contributed by atoms with van der Waals surface area (Å²) in [6.45, 7) is 4.21. The van der Waals surface area contributed by atoms with Gasteiger partial charge in [0.2, 0.25) is 0 Å². The predicted molar refractivity (Wildman–Crippen MR) is 131 cm³/mol. The van der Waals surface area contributed by atoms with Gasteiger partial charge in [-0.2, -0.15) is 0 Å². The molecule has 0 atom stereocenters. The lowest BCUT2D eigenvalue weighted by molar-refractivity contribution is 0.104. The highest BCUT2D eigenvalue weighted by Crippen LogP contribution is 2.29. The monoisotopic (exact) mass is 466 g/mol. The molecule has 0 aromatic heterocycles. The van der Waals surface area contributed by atoms with Crippen molar-refractivity contribution in [1.29, 1.82) is 0 Å². The van der Waals surface area contributed by atoms with Crippen molar-refractivity contribution in [3.05, 3.63) is 87.4 Å². The Morgan fingerprint density at radius 1 is 0.848 bits per heavy atom. The van der Waals surface area contributed by atoms with Gasteiger partial charge in [0, 0.05) is 16.1 Å². The summed E-state index contributed by atoms with van der Waals surface area (Å²) in [6.07, 6.45) is 3.29. The smallest absolute Gasteiger partial charge is 0.185 e. The number of ketones is 1. The zero-order chi connectivity index (χ0) is 24.0. The van der Waals surface area contributed by atoms with Crippen molar-refractivity contribution < 1.29 is 23.7 Å². The Labute approximate surface area is 199 Å². The van der Waals surface area contributed by atoms with Gasteiger partial charge in [0.1, 0.15) is 18.1 Å². The van der Waals surface area contributed by atoms with Gasteiger partial charge in [0.05, 0.1) is 21.3 Å². The van der Waals surface area contributed by atoms with Crippen molar-refractivity contribution >= 4 is 23.5 Å². The van der Waals surface area contributed by atoms with E-state index in [0.717, 1.165) is 33.0 Å². The summed E-state index contributed by atoms with van der Waals surface area (Å²) in [6, 6.07) is 14.6. The predicted octanol–water partition coefficient (Wildman–Crippen LogP) is 6.46. The molecule has 5 nitrogen and oxygen atoms in total. The molecule has 33 heavy (non-hydrogen) atoms. The molecule has 6 heteroatoms. The van der Waals surface area contributed by atoms with Gasteiger partial charge in [-0.15, -0.1) is 0 Å². The van der Waals surface area contributed by atoms with Crippen molar-refractivity contribution in [2.24, 2.45) is 0 Å². The van der Waals surface area contributed by atoms with Crippen molar-refractivity contribution in [3.63, 3.8) is 0 Å². The maximum atomic E-state index is 12.7. The molecule has 0 saturated heterocycles. The molecule has 0 heterocycles. The Morgan fingerprint density at radius 2 is 1.48 bits per heavy atom. The topological polar surface area (TPSA) is 54.0 Å². The molecule has 0 unspecified atom stereocenters. The number of methoxy groups -OCH3 is 3. The number of aryl methyl sites for hydroxylation is 2. The number of benzene rings is 3. The molecule has 0 N–H and O–H groups in total. The van der Waals surface area contributed by atoms with Crippen LogP contribution in [0.3, 0.4) is 0 Å². The van der Waals surface area contributed by atoms with Crippen molar-refractivity contribution in [1.82, 2.24) is 0 Å². The van der Waals surface area contributed by atoms with E-state index < -0.39 is 0 Å². The van der Waals surface area contributed by atoms with Gasteiger partial charge in [-0.3, -0.25) is 4.79 Å². The first-order valence-electron chi connectivity index (χ1n) is 10.4. The molecule has 0 saturated carbocycles. The van der Waals surface area contributed by atoms with Crippen LogP contribution < -0.4 is 18.9 Å². The SMILES string of the molecule is COc1ccc(/C=C/C(=O)c2ccc(OC)c(OC)c2)cc1COc1cc(C)c(Cl)c(C)c1. The highest BCUT2D eigenvalue weighted by Gasteiger charge is 2.10. The van der Waals surface area contributed by atoms with E-state index >= 15 is 0 Å². The van der Waals surface area contributed by atoms with Gasteiger partial charge in [0.15, 0.2) is 17.3 Å². The van der Waals surface area contributed by atoms with Gasteiger partial charge in [-0.25, -0.2) is 0 Å². The first kappa shape index (κ1) is 24.2. The van der Waals surface area contributed by atoms with E-state index in [-0.39, 0.29) is 5.78 Å². The van der Waals surface area contributed by atoms with Crippen LogP contribution in [0.4, 0.5) is 0 Å². The number of allylic oxidation sites excluding steroid dienone is 1.